The molecule has 0 amide bonds. The lowest BCUT2D eigenvalue weighted by Crippen LogP contribution is -1.87. The lowest BCUT2D eigenvalue weighted by Gasteiger charge is -2.08. The van der Waals surface area contributed by atoms with E-state index in [1.807, 2.05) is 0 Å². The van der Waals surface area contributed by atoms with Crippen molar-refractivity contribution in [1.82, 2.24) is 0 Å². The molecular weight excluding hydrogens is 381 g/mol. The number of rotatable bonds is 2. The van der Waals surface area contributed by atoms with Gasteiger partial charge in [-0.2, -0.15) is 5.26 Å². The van der Waals surface area contributed by atoms with E-state index < -0.39 is 0 Å². The molecule has 2 nitrogen and oxygen atoms in total. The van der Waals surface area contributed by atoms with Gasteiger partial charge in [0.1, 0.15) is 17.6 Å². The van der Waals surface area contributed by atoms with Crippen molar-refractivity contribution in [2.24, 2.45) is 0 Å². The average Bonchev–Trinajstić information content (AvgIpc) is 2.33. The molecule has 2 aromatic carbocycles. The van der Waals surface area contributed by atoms with Gasteiger partial charge in [-0.3, -0.25) is 0 Å². The van der Waals surface area contributed by atoms with Crippen molar-refractivity contribution in [3.63, 3.8) is 0 Å². The van der Waals surface area contributed by atoms with Gasteiger partial charge >= 0.3 is 0 Å². The fourth-order valence-corrected chi connectivity index (χ4v) is 2.55. The first-order valence-electron chi connectivity index (χ1n) is 4.92. The van der Waals surface area contributed by atoms with Gasteiger partial charge in [0.05, 0.1) is 10.0 Å². The van der Waals surface area contributed by atoms with Crippen LogP contribution in [0.25, 0.3) is 0 Å². The Morgan fingerprint density at radius 1 is 1.06 bits per heavy atom. The summed E-state index contributed by atoms with van der Waals surface area (Å²) in [5, 5.41) is 9.47. The minimum absolute atomic E-state index is 0.567. The maximum absolute atomic E-state index is 8.83. The summed E-state index contributed by atoms with van der Waals surface area (Å²) in [5.74, 6) is 1.31. The van der Waals surface area contributed by atoms with Crippen LogP contribution in [0, 0.1) is 11.3 Å². The molecule has 0 aliphatic carbocycles. The van der Waals surface area contributed by atoms with Gasteiger partial charge in [0, 0.05) is 9.50 Å². The lowest BCUT2D eigenvalue weighted by molar-refractivity contribution is 0.479. The second-order valence-corrected chi connectivity index (χ2v) is 5.58. The normalized spacial score (nSPS) is 9.89. The molecule has 0 saturated carbocycles. The number of hydrogen-bond acceptors (Lipinski definition) is 2. The molecule has 0 atom stereocenters. The van der Waals surface area contributed by atoms with Crippen molar-refractivity contribution in [3.05, 3.63) is 55.9 Å². The van der Waals surface area contributed by atoms with E-state index in [0.29, 0.717) is 26.6 Å². The van der Waals surface area contributed by atoms with Crippen molar-refractivity contribution in [3.8, 4) is 17.6 Å². The Balaban J connectivity index is 2.29. The van der Waals surface area contributed by atoms with Gasteiger partial charge in [-0.05, 0) is 68.3 Å². The fourth-order valence-electron chi connectivity index (χ4n) is 1.33. The van der Waals surface area contributed by atoms with Crippen LogP contribution in [-0.2, 0) is 0 Å². The Labute approximate surface area is 126 Å². The zero-order valence-electron chi connectivity index (χ0n) is 8.95. The van der Waals surface area contributed by atoms with Crippen LogP contribution in [0.1, 0.15) is 5.56 Å². The molecule has 0 bridgehead atoms. The molecule has 0 fully saturated rings. The highest BCUT2D eigenvalue weighted by molar-refractivity contribution is 9.10. The van der Waals surface area contributed by atoms with E-state index in [9.17, 15) is 0 Å². The van der Waals surface area contributed by atoms with Crippen molar-refractivity contribution in [2.45, 2.75) is 0 Å². The molecular formula is C13H6Br2ClNO. The average molecular weight is 387 g/mol. The summed E-state index contributed by atoms with van der Waals surface area (Å²) in [5.41, 5.74) is 0.567. The van der Waals surface area contributed by atoms with Crippen LogP contribution < -0.4 is 4.74 Å². The van der Waals surface area contributed by atoms with E-state index in [-0.39, 0.29) is 0 Å². The first kappa shape index (κ1) is 13.4. The molecule has 0 radical (unpaired) electrons. The maximum Gasteiger partial charge on any atom is 0.141 e. The quantitative estimate of drug-likeness (QED) is 0.679. The summed E-state index contributed by atoms with van der Waals surface area (Å²) >= 11 is 12.5. The van der Waals surface area contributed by atoms with E-state index in [0.717, 1.165) is 4.47 Å². The molecule has 0 saturated heterocycles. The second-order valence-electron chi connectivity index (χ2n) is 3.43. The van der Waals surface area contributed by atoms with Crippen LogP contribution in [0.4, 0.5) is 0 Å². The molecule has 2 rings (SSSR count). The van der Waals surface area contributed by atoms with E-state index in [1.54, 1.807) is 36.4 Å². The fraction of sp³-hybridized carbons (Fsp3) is 0. The summed E-state index contributed by atoms with van der Waals surface area (Å²) in [6.07, 6.45) is 0. The van der Waals surface area contributed by atoms with Crippen molar-refractivity contribution in [1.29, 1.82) is 5.26 Å². The van der Waals surface area contributed by atoms with Crippen LogP contribution in [-0.4, -0.2) is 0 Å². The van der Waals surface area contributed by atoms with Crippen LogP contribution in [0.3, 0.4) is 0 Å². The van der Waals surface area contributed by atoms with Crippen molar-refractivity contribution >= 4 is 43.5 Å². The third-order valence-corrected chi connectivity index (χ3v) is 3.69. The molecule has 0 unspecified atom stereocenters. The summed E-state index contributed by atoms with van der Waals surface area (Å²) in [7, 11) is 0. The Kier molecular flexibility index (Phi) is 4.28. The van der Waals surface area contributed by atoms with E-state index in [1.165, 1.54) is 0 Å². The monoisotopic (exact) mass is 385 g/mol. The lowest BCUT2D eigenvalue weighted by atomic mass is 10.2. The van der Waals surface area contributed by atoms with Gasteiger partial charge in [-0.15, -0.1) is 0 Å². The molecule has 0 aliphatic heterocycles. The van der Waals surface area contributed by atoms with E-state index in [2.05, 4.69) is 37.9 Å². The van der Waals surface area contributed by atoms with Crippen molar-refractivity contribution in [2.75, 3.05) is 0 Å². The SMILES string of the molecule is N#Cc1ccc(Oc2ccc(Cl)cc2Br)cc1Br. The number of ether oxygens (including phenoxy) is 1. The van der Waals surface area contributed by atoms with E-state index >= 15 is 0 Å². The van der Waals surface area contributed by atoms with Crippen molar-refractivity contribution < 1.29 is 4.74 Å². The highest BCUT2D eigenvalue weighted by Gasteiger charge is 2.06. The molecule has 18 heavy (non-hydrogen) atoms. The molecule has 2 aromatic rings. The number of nitrogens with zero attached hydrogens (tertiary/aromatic N) is 1. The molecule has 0 heterocycles. The third-order valence-electron chi connectivity index (χ3n) is 2.18. The van der Waals surface area contributed by atoms with Crippen LogP contribution in [0.15, 0.2) is 45.3 Å². The smallest absolute Gasteiger partial charge is 0.141 e. The predicted molar refractivity (Wildman–Crippen MR) is 78.1 cm³/mol. The molecule has 0 aromatic heterocycles. The number of benzene rings is 2. The van der Waals surface area contributed by atoms with Gasteiger partial charge in [0.2, 0.25) is 0 Å². The highest BCUT2D eigenvalue weighted by Crippen LogP contribution is 2.33. The first-order chi connectivity index (χ1) is 8.60. The number of halogens is 3. The van der Waals surface area contributed by atoms with Gasteiger partial charge in [-0.25, -0.2) is 0 Å². The zero-order valence-corrected chi connectivity index (χ0v) is 12.9. The predicted octanol–water partition coefficient (Wildman–Crippen LogP) is 5.53. The summed E-state index contributed by atoms with van der Waals surface area (Å²) in [6.45, 7) is 0. The first-order valence-corrected chi connectivity index (χ1v) is 6.89. The van der Waals surface area contributed by atoms with Crippen LogP contribution in [0.5, 0.6) is 11.5 Å². The van der Waals surface area contributed by atoms with E-state index in [4.69, 9.17) is 21.6 Å². The Hall–Kier alpha value is -1.02. The Morgan fingerprint density at radius 3 is 2.44 bits per heavy atom. The standard InChI is InChI=1S/C13H6Br2ClNO/c14-11-6-10(3-1-8(11)7-17)18-13-4-2-9(16)5-12(13)15/h1-6H. The maximum atomic E-state index is 8.83. The molecule has 5 heteroatoms. The minimum atomic E-state index is 0.567. The number of nitriles is 1. The van der Waals surface area contributed by atoms with Gasteiger partial charge < -0.3 is 4.74 Å². The number of hydrogen-bond donors (Lipinski definition) is 0. The van der Waals surface area contributed by atoms with Gasteiger partial charge in [0.25, 0.3) is 0 Å². The summed E-state index contributed by atoms with van der Waals surface area (Å²) < 4.78 is 7.17. The largest absolute Gasteiger partial charge is 0.456 e. The zero-order chi connectivity index (χ0) is 13.1. The Morgan fingerprint density at radius 2 is 1.83 bits per heavy atom. The summed E-state index contributed by atoms with van der Waals surface area (Å²) in [6, 6.07) is 12.5. The third kappa shape index (κ3) is 3.05. The Bertz CT molecular complexity index is 637. The minimum Gasteiger partial charge on any atom is -0.456 e. The topological polar surface area (TPSA) is 33.0 Å². The summed E-state index contributed by atoms with van der Waals surface area (Å²) in [4.78, 5) is 0. The second kappa shape index (κ2) is 5.75. The van der Waals surface area contributed by atoms with Gasteiger partial charge in [-0.1, -0.05) is 11.6 Å². The van der Waals surface area contributed by atoms with Crippen LogP contribution in [0.2, 0.25) is 5.02 Å². The molecule has 0 N–H and O–H groups in total. The highest BCUT2D eigenvalue weighted by atomic mass is 79.9. The van der Waals surface area contributed by atoms with Crippen LogP contribution >= 0.6 is 43.5 Å². The molecule has 0 aliphatic rings. The molecule has 0 spiro atoms. The van der Waals surface area contributed by atoms with Gasteiger partial charge in [0.15, 0.2) is 0 Å². The molecule has 90 valence electrons.